The van der Waals surface area contributed by atoms with Gasteiger partial charge in [0.2, 0.25) is 0 Å². The molecule has 2 rings (SSSR count). The van der Waals surface area contributed by atoms with E-state index in [0.29, 0.717) is 6.04 Å². The van der Waals surface area contributed by atoms with E-state index in [9.17, 15) is 0 Å². The van der Waals surface area contributed by atoms with Crippen molar-refractivity contribution >= 4 is 0 Å². The van der Waals surface area contributed by atoms with Crippen LogP contribution in [0, 0.1) is 17.2 Å². The summed E-state index contributed by atoms with van der Waals surface area (Å²) >= 11 is 0. The summed E-state index contributed by atoms with van der Waals surface area (Å²) in [5.41, 5.74) is 1.34. The van der Waals surface area contributed by atoms with Gasteiger partial charge in [0.25, 0.3) is 0 Å². The van der Waals surface area contributed by atoms with Crippen LogP contribution >= 0.6 is 0 Å². The van der Waals surface area contributed by atoms with Crippen LogP contribution in [0.15, 0.2) is 30.3 Å². The molecule has 0 bridgehead atoms. The summed E-state index contributed by atoms with van der Waals surface area (Å²) in [4.78, 5) is 2.39. The number of nitrogens with zero attached hydrogens (tertiary/aromatic N) is 2. The van der Waals surface area contributed by atoms with Crippen molar-refractivity contribution in [2.75, 3.05) is 6.54 Å². The van der Waals surface area contributed by atoms with Crippen molar-refractivity contribution in [1.82, 2.24) is 4.90 Å². The van der Waals surface area contributed by atoms with Gasteiger partial charge in [0.05, 0.1) is 12.0 Å². The van der Waals surface area contributed by atoms with Crippen molar-refractivity contribution in [2.24, 2.45) is 5.92 Å². The van der Waals surface area contributed by atoms with Crippen LogP contribution in [0.1, 0.15) is 18.9 Å². The molecule has 0 radical (unpaired) electrons. The lowest BCUT2D eigenvalue weighted by Gasteiger charge is -2.42. The number of hydrogen-bond acceptors (Lipinski definition) is 2. The fourth-order valence-electron chi connectivity index (χ4n) is 2.13. The lowest BCUT2D eigenvalue weighted by Crippen LogP contribution is -2.50. The standard InChI is InChI=1S/C13H16N2/c1-11(9-14)13-7-8-15(13)10-12-5-3-2-4-6-12/h2-6,11,13H,7-8,10H2,1H3. The molecule has 1 saturated heterocycles. The van der Waals surface area contributed by atoms with Gasteiger partial charge < -0.3 is 0 Å². The van der Waals surface area contributed by atoms with Gasteiger partial charge in [-0.25, -0.2) is 0 Å². The monoisotopic (exact) mass is 200 g/mol. The Labute approximate surface area is 91.1 Å². The highest BCUT2D eigenvalue weighted by Crippen LogP contribution is 2.26. The van der Waals surface area contributed by atoms with E-state index in [1.807, 2.05) is 13.0 Å². The van der Waals surface area contributed by atoms with E-state index in [0.717, 1.165) is 13.1 Å². The van der Waals surface area contributed by atoms with Crippen molar-refractivity contribution < 1.29 is 0 Å². The largest absolute Gasteiger partial charge is 0.295 e. The van der Waals surface area contributed by atoms with Crippen LogP contribution in [-0.2, 0) is 6.54 Å². The second-order valence-electron chi connectivity index (χ2n) is 4.23. The summed E-state index contributed by atoms with van der Waals surface area (Å²) in [6.45, 7) is 4.13. The van der Waals surface area contributed by atoms with Crippen LogP contribution in [0.25, 0.3) is 0 Å². The number of rotatable bonds is 3. The first-order valence-corrected chi connectivity index (χ1v) is 5.49. The molecule has 2 heteroatoms. The Morgan fingerprint density at radius 2 is 2.20 bits per heavy atom. The van der Waals surface area contributed by atoms with Gasteiger partial charge in [0.1, 0.15) is 0 Å². The fourth-order valence-corrected chi connectivity index (χ4v) is 2.13. The Kier molecular flexibility index (Phi) is 3.03. The molecule has 15 heavy (non-hydrogen) atoms. The maximum Gasteiger partial charge on any atom is 0.0669 e. The minimum Gasteiger partial charge on any atom is -0.295 e. The maximum atomic E-state index is 8.88. The Morgan fingerprint density at radius 1 is 1.47 bits per heavy atom. The van der Waals surface area contributed by atoms with Gasteiger partial charge in [-0.3, -0.25) is 4.90 Å². The zero-order valence-corrected chi connectivity index (χ0v) is 9.06. The van der Waals surface area contributed by atoms with E-state index in [-0.39, 0.29) is 5.92 Å². The van der Waals surface area contributed by atoms with E-state index >= 15 is 0 Å². The van der Waals surface area contributed by atoms with Crippen LogP contribution < -0.4 is 0 Å². The smallest absolute Gasteiger partial charge is 0.0669 e. The second-order valence-corrected chi connectivity index (χ2v) is 4.23. The molecule has 2 nitrogen and oxygen atoms in total. The third-order valence-corrected chi connectivity index (χ3v) is 3.19. The molecule has 1 heterocycles. The molecule has 2 atom stereocenters. The van der Waals surface area contributed by atoms with Crippen molar-refractivity contribution in [3.63, 3.8) is 0 Å². The molecule has 78 valence electrons. The van der Waals surface area contributed by atoms with Crippen molar-refractivity contribution in [2.45, 2.75) is 25.9 Å². The summed E-state index contributed by atoms with van der Waals surface area (Å²) in [5, 5.41) is 8.88. The Balaban J connectivity index is 1.94. The molecule has 1 aromatic rings. The van der Waals surface area contributed by atoms with Gasteiger partial charge in [-0.2, -0.15) is 5.26 Å². The molecule has 0 aliphatic carbocycles. The molecule has 0 saturated carbocycles. The molecule has 0 N–H and O–H groups in total. The minimum atomic E-state index is 0.155. The fraction of sp³-hybridized carbons (Fsp3) is 0.462. The van der Waals surface area contributed by atoms with E-state index < -0.39 is 0 Å². The van der Waals surface area contributed by atoms with Crippen molar-refractivity contribution in [3.05, 3.63) is 35.9 Å². The summed E-state index contributed by atoms with van der Waals surface area (Å²) in [6, 6.07) is 13.3. The van der Waals surface area contributed by atoms with E-state index in [1.54, 1.807) is 0 Å². The molecule has 0 spiro atoms. The zero-order chi connectivity index (χ0) is 10.7. The molecule has 0 aromatic heterocycles. The molecular formula is C13H16N2. The third kappa shape index (κ3) is 2.19. The molecule has 1 aromatic carbocycles. The number of hydrogen-bond donors (Lipinski definition) is 0. The SMILES string of the molecule is CC(C#N)C1CCN1Cc1ccccc1. The first-order chi connectivity index (χ1) is 7.31. The average molecular weight is 200 g/mol. The highest BCUT2D eigenvalue weighted by molar-refractivity contribution is 5.15. The van der Waals surface area contributed by atoms with Gasteiger partial charge in [-0.1, -0.05) is 30.3 Å². The van der Waals surface area contributed by atoms with Gasteiger partial charge in [0.15, 0.2) is 0 Å². The number of nitriles is 1. The highest BCUT2D eigenvalue weighted by atomic mass is 15.2. The van der Waals surface area contributed by atoms with Crippen molar-refractivity contribution in [3.8, 4) is 6.07 Å². The maximum absolute atomic E-state index is 8.88. The average Bonchev–Trinajstić information content (AvgIpc) is 2.25. The van der Waals surface area contributed by atoms with Crippen LogP contribution in [-0.4, -0.2) is 17.5 Å². The molecule has 0 amide bonds. The van der Waals surface area contributed by atoms with E-state index in [2.05, 4.69) is 35.2 Å². The van der Waals surface area contributed by atoms with Gasteiger partial charge in [0, 0.05) is 19.1 Å². The highest BCUT2D eigenvalue weighted by Gasteiger charge is 2.32. The first kappa shape index (κ1) is 10.2. The summed E-state index contributed by atoms with van der Waals surface area (Å²) < 4.78 is 0. The van der Waals surface area contributed by atoms with Crippen LogP contribution in [0.5, 0.6) is 0 Å². The predicted molar refractivity (Wildman–Crippen MR) is 60.0 cm³/mol. The Hall–Kier alpha value is -1.33. The van der Waals surface area contributed by atoms with E-state index in [1.165, 1.54) is 12.0 Å². The first-order valence-electron chi connectivity index (χ1n) is 5.49. The quantitative estimate of drug-likeness (QED) is 0.749. The van der Waals surface area contributed by atoms with Crippen LogP contribution in [0.2, 0.25) is 0 Å². The summed E-state index contributed by atoms with van der Waals surface area (Å²) in [7, 11) is 0. The number of benzene rings is 1. The molecule has 1 fully saturated rings. The molecule has 2 unspecified atom stereocenters. The topological polar surface area (TPSA) is 27.0 Å². The van der Waals surface area contributed by atoms with Gasteiger partial charge in [-0.15, -0.1) is 0 Å². The lowest BCUT2D eigenvalue weighted by atomic mass is 9.91. The van der Waals surface area contributed by atoms with Gasteiger partial charge in [-0.05, 0) is 18.9 Å². The number of likely N-dealkylation sites (tertiary alicyclic amines) is 1. The second kappa shape index (κ2) is 4.46. The molecular weight excluding hydrogens is 184 g/mol. The summed E-state index contributed by atoms with van der Waals surface area (Å²) in [6.07, 6.45) is 1.17. The lowest BCUT2D eigenvalue weighted by molar-refractivity contribution is 0.0585. The normalized spacial score (nSPS) is 22.8. The zero-order valence-electron chi connectivity index (χ0n) is 9.06. The van der Waals surface area contributed by atoms with Crippen LogP contribution in [0.3, 0.4) is 0 Å². The van der Waals surface area contributed by atoms with Crippen molar-refractivity contribution in [1.29, 1.82) is 5.26 Å². The van der Waals surface area contributed by atoms with E-state index in [4.69, 9.17) is 5.26 Å². The minimum absolute atomic E-state index is 0.155. The van der Waals surface area contributed by atoms with Gasteiger partial charge >= 0.3 is 0 Å². The van der Waals surface area contributed by atoms with Crippen LogP contribution in [0.4, 0.5) is 0 Å². The Morgan fingerprint density at radius 3 is 2.73 bits per heavy atom. The molecule has 1 aliphatic heterocycles. The summed E-state index contributed by atoms with van der Waals surface area (Å²) in [5.74, 6) is 0.155. The molecule has 1 aliphatic rings. The predicted octanol–water partition coefficient (Wildman–Crippen LogP) is 2.42. The third-order valence-electron chi connectivity index (χ3n) is 3.19. The Bertz CT molecular complexity index is 353.